The molecule has 1 aliphatic heterocycles. The Morgan fingerprint density at radius 2 is 2.60 bits per heavy atom. The molecule has 0 aromatic carbocycles. The Bertz CT molecular complexity index is 292. The lowest BCUT2D eigenvalue weighted by atomic mass is 10.2. The highest BCUT2D eigenvalue weighted by atomic mass is 16.5. The van der Waals surface area contributed by atoms with Gasteiger partial charge in [-0.25, -0.2) is 0 Å². The molecule has 0 radical (unpaired) electrons. The van der Waals surface area contributed by atoms with E-state index in [0.717, 1.165) is 32.6 Å². The standard InChI is InChI=1S/C11H19N3O/c1-12-5-2-3-10-7-13-14(8-10)11-4-6-15-9-11/h7-8,11-12H,2-6,9H2,1H3/t11-/m0/s1. The number of ether oxygens (including phenoxy) is 1. The summed E-state index contributed by atoms with van der Waals surface area (Å²) in [5.41, 5.74) is 1.33. The van der Waals surface area contributed by atoms with Crippen LogP contribution in [0.25, 0.3) is 0 Å². The van der Waals surface area contributed by atoms with Crippen LogP contribution in [0.3, 0.4) is 0 Å². The molecule has 84 valence electrons. The first-order chi connectivity index (χ1) is 7.40. The van der Waals surface area contributed by atoms with E-state index in [0.29, 0.717) is 6.04 Å². The Morgan fingerprint density at radius 3 is 3.33 bits per heavy atom. The minimum Gasteiger partial charge on any atom is -0.379 e. The maximum atomic E-state index is 5.35. The highest BCUT2D eigenvalue weighted by Crippen LogP contribution is 2.18. The number of aromatic nitrogens is 2. The first kappa shape index (κ1) is 10.6. The van der Waals surface area contributed by atoms with Crippen LogP contribution >= 0.6 is 0 Å². The van der Waals surface area contributed by atoms with Gasteiger partial charge in [0.05, 0.1) is 18.8 Å². The second kappa shape index (κ2) is 5.28. The predicted octanol–water partition coefficient (Wildman–Crippen LogP) is 0.996. The van der Waals surface area contributed by atoms with Crippen molar-refractivity contribution in [1.29, 1.82) is 0 Å². The van der Waals surface area contributed by atoms with Gasteiger partial charge in [0.1, 0.15) is 0 Å². The first-order valence-corrected chi connectivity index (χ1v) is 5.65. The zero-order valence-corrected chi connectivity index (χ0v) is 9.28. The Balaban J connectivity index is 1.86. The maximum absolute atomic E-state index is 5.35. The molecule has 1 N–H and O–H groups in total. The maximum Gasteiger partial charge on any atom is 0.0774 e. The zero-order chi connectivity index (χ0) is 10.5. The second-order valence-corrected chi connectivity index (χ2v) is 4.05. The summed E-state index contributed by atoms with van der Waals surface area (Å²) in [5, 5.41) is 7.55. The third-order valence-corrected chi connectivity index (χ3v) is 2.83. The number of aryl methyl sites for hydroxylation is 1. The largest absolute Gasteiger partial charge is 0.379 e. The molecule has 2 rings (SSSR count). The van der Waals surface area contributed by atoms with E-state index in [2.05, 4.69) is 21.3 Å². The molecule has 1 aromatic heterocycles. The highest BCUT2D eigenvalue weighted by Gasteiger charge is 2.17. The molecule has 15 heavy (non-hydrogen) atoms. The van der Waals surface area contributed by atoms with Crippen LogP contribution in [0.4, 0.5) is 0 Å². The molecule has 0 unspecified atom stereocenters. The molecular weight excluding hydrogens is 190 g/mol. The van der Waals surface area contributed by atoms with Gasteiger partial charge in [-0.15, -0.1) is 0 Å². The van der Waals surface area contributed by atoms with Gasteiger partial charge < -0.3 is 10.1 Å². The van der Waals surface area contributed by atoms with Gasteiger partial charge in [0.15, 0.2) is 0 Å². The van der Waals surface area contributed by atoms with E-state index < -0.39 is 0 Å². The van der Waals surface area contributed by atoms with Gasteiger partial charge in [0.25, 0.3) is 0 Å². The van der Waals surface area contributed by atoms with Crippen molar-refractivity contribution in [2.45, 2.75) is 25.3 Å². The summed E-state index contributed by atoms with van der Waals surface area (Å²) in [5.74, 6) is 0. The lowest BCUT2D eigenvalue weighted by molar-refractivity contribution is 0.184. The van der Waals surface area contributed by atoms with Crippen LogP contribution in [0.1, 0.15) is 24.4 Å². The Kier molecular flexibility index (Phi) is 3.75. The van der Waals surface area contributed by atoms with Crippen molar-refractivity contribution in [2.24, 2.45) is 0 Å². The van der Waals surface area contributed by atoms with Crippen LogP contribution in [-0.2, 0) is 11.2 Å². The van der Waals surface area contributed by atoms with Gasteiger partial charge in [-0.2, -0.15) is 5.10 Å². The van der Waals surface area contributed by atoms with Crippen molar-refractivity contribution in [3.05, 3.63) is 18.0 Å². The molecule has 2 heterocycles. The summed E-state index contributed by atoms with van der Waals surface area (Å²) in [4.78, 5) is 0. The third kappa shape index (κ3) is 2.79. The van der Waals surface area contributed by atoms with E-state index in [4.69, 9.17) is 4.74 Å². The molecule has 1 saturated heterocycles. The summed E-state index contributed by atoms with van der Waals surface area (Å²) in [7, 11) is 1.99. The van der Waals surface area contributed by atoms with Gasteiger partial charge >= 0.3 is 0 Å². The summed E-state index contributed by atoms with van der Waals surface area (Å²) in [6.07, 6.45) is 7.51. The van der Waals surface area contributed by atoms with Crippen LogP contribution in [0.15, 0.2) is 12.4 Å². The fourth-order valence-electron chi connectivity index (χ4n) is 1.91. The normalized spacial score (nSPS) is 21.0. The van der Waals surface area contributed by atoms with Gasteiger partial charge in [0, 0.05) is 12.8 Å². The van der Waals surface area contributed by atoms with Crippen molar-refractivity contribution in [1.82, 2.24) is 15.1 Å². The fraction of sp³-hybridized carbons (Fsp3) is 0.727. The third-order valence-electron chi connectivity index (χ3n) is 2.83. The Morgan fingerprint density at radius 1 is 1.67 bits per heavy atom. The van der Waals surface area contributed by atoms with E-state index in [1.165, 1.54) is 12.0 Å². The molecule has 4 heteroatoms. The summed E-state index contributed by atoms with van der Waals surface area (Å²) < 4.78 is 7.41. The fourth-order valence-corrected chi connectivity index (χ4v) is 1.91. The van der Waals surface area contributed by atoms with Gasteiger partial charge in [-0.3, -0.25) is 4.68 Å². The smallest absolute Gasteiger partial charge is 0.0774 e. The van der Waals surface area contributed by atoms with Crippen LogP contribution in [0.2, 0.25) is 0 Å². The molecule has 0 amide bonds. The summed E-state index contributed by atoms with van der Waals surface area (Å²) >= 11 is 0. The monoisotopic (exact) mass is 209 g/mol. The Hall–Kier alpha value is -0.870. The molecule has 1 fully saturated rings. The van der Waals surface area contributed by atoms with E-state index in [9.17, 15) is 0 Å². The first-order valence-electron chi connectivity index (χ1n) is 5.65. The SMILES string of the molecule is CNCCCc1cnn([C@H]2CCOC2)c1. The predicted molar refractivity (Wildman–Crippen MR) is 58.9 cm³/mol. The molecule has 4 nitrogen and oxygen atoms in total. The number of nitrogens with one attached hydrogen (secondary N) is 1. The van der Waals surface area contributed by atoms with Gasteiger partial charge in [0.2, 0.25) is 0 Å². The van der Waals surface area contributed by atoms with Crippen LogP contribution in [0, 0.1) is 0 Å². The van der Waals surface area contributed by atoms with Gasteiger partial charge in [-0.1, -0.05) is 0 Å². The zero-order valence-electron chi connectivity index (χ0n) is 9.28. The van der Waals surface area contributed by atoms with Crippen LogP contribution in [0.5, 0.6) is 0 Å². The molecule has 1 atom stereocenters. The molecule has 0 aliphatic carbocycles. The summed E-state index contributed by atoms with van der Waals surface area (Å²) in [6.45, 7) is 2.76. The number of nitrogens with zero attached hydrogens (tertiary/aromatic N) is 2. The average Bonchev–Trinajstić information content (AvgIpc) is 2.87. The number of hydrogen-bond acceptors (Lipinski definition) is 3. The second-order valence-electron chi connectivity index (χ2n) is 4.05. The highest BCUT2D eigenvalue weighted by molar-refractivity contribution is 5.04. The number of rotatable bonds is 5. The molecule has 0 spiro atoms. The lowest BCUT2D eigenvalue weighted by Gasteiger charge is -2.06. The average molecular weight is 209 g/mol. The Labute approximate surface area is 90.6 Å². The molecular formula is C11H19N3O. The summed E-state index contributed by atoms with van der Waals surface area (Å²) in [6, 6.07) is 0.461. The quantitative estimate of drug-likeness (QED) is 0.735. The molecule has 0 bridgehead atoms. The van der Waals surface area contributed by atoms with Crippen molar-refractivity contribution < 1.29 is 4.74 Å². The molecule has 1 aromatic rings. The van der Waals surface area contributed by atoms with E-state index >= 15 is 0 Å². The van der Waals surface area contributed by atoms with Crippen LogP contribution in [-0.4, -0.2) is 36.6 Å². The minimum absolute atomic E-state index is 0.461. The van der Waals surface area contributed by atoms with Crippen molar-refractivity contribution in [2.75, 3.05) is 26.8 Å². The minimum atomic E-state index is 0.461. The molecule has 1 aliphatic rings. The van der Waals surface area contributed by atoms with E-state index in [1.807, 2.05) is 13.2 Å². The van der Waals surface area contributed by atoms with Gasteiger partial charge in [-0.05, 0) is 38.4 Å². The lowest BCUT2D eigenvalue weighted by Crippen LogP contribution is -2.09. The van der Waals surface area contributed by atoms with Crippen LogP contribution < -0.4 is 5.32 Å². The topological polar surface area (TPSA) is 39.1 Å². The van der Waals surface area contributed by atoms with Crippen molar-refractivity contribution >= 4 is 0 Å². The number of hydrogen-bond donors (Lipinski definition) is 1. The van der Waals surface area contributed by atoms with E-state index in [1.54, 1.807) is 0 Å². The van der Waals surface area contributed by atoms with Crippen molar-refractivity contribution in [3.63, 3.8) is 0 Å². The molecule has 0 saturated carbocycles. The van der Waals surface area contributed by atoms with Crippen molar-refractivity contribution in [3.8, 4) is 0 Å². The van der Waals surface area contributed by atoms with E-state index in [-0.39, 0.29) is 0 Å².